The molecule has 0 atom stereocenters. The number of thioether (sulfide) groups is 1. The van der Waals surface area contributed by atoms with Crippen LogP contribution in [-0.4, -0.2) is 67.5 Å². The average molecular weight is 407 g/mol. The molecule has 1 N–H and O–H groups in total. The van der Waals surface area contributed by atoms with E-state index in [1.54, 1.807) is 30.1 Å². The number of carbonyl (C=O) groups excluding carboxylic acids is 1. The normalized spacial score (nSPS) is 16.2. The van der Waals surface area contributed by atoms with Crippen molar-refractivity contribution >= 4 is 33.4 Å². The highest BCUT2D eigenvalue weighted by atomic mass is 32.2. The van der Waals surface area contributed by atoms with Crippen LogP contribution in [0.1, 0.15) is 0 Å². The highest BCUT2D eigenvalue weighted by Gasteiger charge is 2.29. The van der Waals surface area contributed by atoms with Gasteiger partial charge in [-0.2, -0.15) is 4.31 Å². The predicted molar refractivity (Wildman–Crippen MR) is 106 cm³/mol. The molecule has 0 radical (unpaired) electrons. The molecule has 1 amide bonds. The van der Waals surface area contributed by atoms with Gasteiger partial charge in [0.15, 0.2) is 0 Å². The third-order valence-electron chi connectivity index (χ3n) is 4.32. The molecule has 9 heteroatoms. The predicted octanol–water partition coefficient (Wildman–Crippen LogP) is 1.75. The lowest BCUT2D eigenvalue weighted by Gasteiger charge is -2.33. The molecule has 1 aliphatic heterocycles. The van der Waals surface area contributed by atoms with Gasteiger partial charge in [0.2, 0.25) is 15.9 Å². The van der Waals surface area contributed by atoms with Crippen LogP contribution in [0.4, 0.5) is 5.69 Å². The largest absolute Gasteiger partial charge is 0.325 e. The summed E-state index contributed by atoms with van der Waals surface area (Å²) in [6, 6.07) is 10.8. The van der Waals surface area contributed by atoms with E-state index in [2.05, 4.69) is 10.3 Å². The van der Waals surface area contributed by atoms with E-state index in [0.29, 0.717) is 26.2 Å². The number of rotatable bonds is 6. The lowest BCUT2D eigenvalue weighted by molar-refractivity contribution is -0.117. The number of anilines is 1. The Bertz CT molecular complexity index is 882. The van der Waals surface area contributed by atoms with Gasteiger partial charge in [0.25, 0.3) is 0 Å². The maximum Gasteiger partial charge on any atom is 0.244 e. The van der Waals surface area contributed by atoms with E-state index in [0.717, 1.165) is 10.6 Å². The first-order chi connectivity index (χ1) is 13.0. The number of piperazine rings is 1. The number of hydrogen-bond donors (Lipinski definition) is 1. The molecular formula is C18H22N4O3S2. The van der Waals surface area contributed by atoms with Crippen molar-refractivity contribution in [3.05, 3.63) is 48.8 Å². The number of pyridine rings is 1. The van der Waals surface area contributed by atoms with Crippen molar-refractivity contribution in [3.63, 3.8) is 0 Å². The Labute approximate surface area is 163 Å². The average Bonchev–Trinajstić information content (AvgIpc) is 2.69. The van der Waals surface area contributed by atoms with Crippen molar-refractivity contribution in [2.24, 2.45) is 0 Å². The van der Waals surface area contributed by atoms with Crippen LogP contribution < -0.4 is 5.32 Å². The van der Waals surface area contributed by atoms with E-state index in [9.17, 15) is 13.2 Å². The Kier molecular flexibility index (Phi) is 6.48. The van der Waals surface area contributed by atoms with Crippen molar-refractivity contribution in [1.82, 2.24) is 14.2 Å². The molecule has 144 valence electrons. The minimum absolute atomic E-state index is 0.100. The molecule has 1 aromatic carbocycles. The second-order valence-electron chi connectivity index (χ2n) is 6.15. The second-order valence-corrected chi connectivity index (χ2v) is 8.97. The summed E-state index contributed by atoms with van der Waals surface area (Å²) >= 11 is 1.62. The second kappa shape index (κ2) is 8.83. The van der Waals surface area contributed by atoms with Gasteiger partial charge in [-0.1, -0.05) is 6.07 Å². The minimum Gasteiger partial charge on any atom is -0.325 e. The molecule has 1 saturated heterocycles. The molecule has 0 unspecified atom stereocenters. The van der Waals surface area contributed by atoms with Gasteiger partial charge in [-0.15, -0.1) is 11.8 Å². The van der Waals surface area contributed by atoms with E-state index in [1.807, 2.05) is 35.4 Å². The number of aromatic nitrogens is 1. The van der Waals surface area contributed by atoms with Gasteiger partial charge < -0.3 is 5.32 Å². The van der Waals surface area contributed by atoms with Crippen LogP contribution in [0.15, 0.2) is 58.6 Å². The van der Waals surface area contributed by atoms with Gasteiger partial charge >= 0.3 is 0 Å². The molecule has 0 aliphatic carbocycles. The Morgan fingerprint density at radius 3 is 2.63 bits per heavy atom. The number of nitrogens with one attached hydrogen (secondary N) is 1. The smallest absolute Gasteiger partial charge is 0.244 e. The van der Waals surface area contributed by atoms with Gasteiger partial charge in [-0.05, 0) is 36.6 Å². The number of sulfonamides is 1. The Morgan fingerprint density at radius 1 is 1.19 bits per heavy atom. The lowest BCUT2D eigenvalue weighted by Crippen LogP contribution is -2.50. The number of carbonyl (C=O) groups is 1. The van der Waals surface area contributed by atoms with E-state index >= 15 is 0 Å². The van der Waals surface area contributed by atoms with Gasteiger partial charge in [-0.25, -0.2) is 8.42 Å². The molecule has 3 rings (SSSR count). The minimum atomic E-state index is -3.53. The van der Waals surface area contributed by atoms with Crippen LogP contribution in [0.2, 0.25) is 0 Å². The van der Waals surface area contributed by atoms with Crippen molar-refractivity contribution in [2.75, 3.05) is 44.3 Å². The molecule has 1 aromatic heterocycles. The van der Waals surface area contributed by atoms with Crippen molar-refractivity contribution in [2.45, 2.75) is 9.79 Å². The maximum absolute atomic E-state index is 12.6. The molecule has 0 saturated carbocycles. The quantitative estimate of drug-likeness (QED) is 0.736. The molecule has 27 heavy (non-hydrogen) atoms. The van der Waals surface area contributed by atoms with E-state index in [-0.39, 0.29) is 17.3 Å². The molecule has 2 heterocycles. The van der Waals surface area contributed by atoms with Gasteiger partial charge in [0, 0.05) is 49.2 Å². The molecule has 0 bridgehead atoms. The number of hydrogen-bond acceptors (Lipinski definition) is 6. The van der Waals surface area contributed by atoms with Crippen molar-refractivity contribution in [1.29, 1.82) is 0 Å². The summed E-state index contributed by atoms with van der Waals surface area (Å²) in [7, 11) is -3.53. The summed E-state index contributed by atoms with van der Waals surface area (Å²) in [6.07, 6.45) is 4.89. The summed E-state index contributed by atoms with van der Waals surface area (Å²) in [4.78, 5) is 19.4. The zero-order chi connectivity index (χ0) is 19.3. The molecule has 7 nitrogen and oxygen atoms in total. The Balaban J connectivity index is 1.52. The molecular weight excluding hydrogens is 384 g/mol. The van der Waals surface area contributed by atoms with Crippen molar-refractivity contribution in [3.8, 4) is 0 Å². The van der Waals surface area contributed by atoms with Crippen LogP contribution >= 0.6 is 11.8 Å². The standard InChI is InChI=1S/C18H22N4O3S2/c1-26-16-5-2-4-15(12-16)20-18(23)14-21-8-10-22(11-9-21)27(24,25)17-6-3-7-19-13-17/h2-7,12-13H,8-11,14H2,1H3,(H,20,23). The third kappa shape index (κ3) is 5.07. The summed E-state index contributed by atoms with van der Waals surface area (Å²) in [5.74, 6) is -0.100. The van der Waals surface area contributed by atoms with E-state index in [4.69, 9.17) is 0 Å². The molecule has 1 fully saturated rings. The van der Waals surface area contributed by atoms with Crippen LogP contribution in [0.5, 0.6) is 0 Å². The first-order valence-corrected chi connectivity index (χ1v) is 11.2. The van der Waals surface area contributed by atoms with E-state index < -0.39 is 10.0 Å². The van der Waals surface area contributed by atoms with Crippen LogP contribution in [0.25, 0.3) is 0 Å². The van der Waals surface area contributed by atoms with E-state index in [1.165, 1.54) is 10.5 Å². The molecule has 0 spiro atoms. The fourth-order valence-corrected chi connectivity index (χ4v) is 4.73. The lowest BCUT2D eigenvalue weighted by atomic mass is 10.3. The highest BCUT2D eigenvalue weighted by molar-refractivity contribution is 7.98. The number of benzene rings is 1. The van der Waals surface area contributed by atoms with Crippen LogP contribution in [-0.2, 0) is 14.8 Å². The summed E-state index contributed by atoms with van der Waals surface area (Å²) < 4.78 is 26.7. The fraction of sp³-hybridized carbons (Fsp3) is 0.333. The summed E-state index contributed by atoms with van der Waals surface area (Å²) in [5.41, 5.74) is 0.768. The topological polar surface area (TPSA) is 82.6 Å². The number of nitrogens with zero attached hydrogens (tertiary/aromatic N) is 3. The summed E-state index contributed by atoms with van der Waals surface area (Å²) in [5, 5.41) is 2.90. The third-order valence-corrected chi connectivity index (χ3v) is 6.93. The first kappa shape index (κ1) is 19.8. The SMILES string of the molecule is CSc1cccc(NC(=O)CN2CCN(S(=O)(=O)c3cccnc3)CC2)c1. The monoisotopic (exact) mass is 406 g/mol. The molecule has 2 aromatic rings. The van der Waals surface area contributed by atoms with Crippen LogP contribution in [0, 0.1) is 0 Å². The van der Waals surface area contributed by atoms with Crippen molar-refractivity contribution < 1.29 is 13.2 Å². The molecule has 1 aliphatic rings. The Morgan fingerprint density at radius 2 is 1.96 bits per heavy atom. The number of amides is 1. The van der Waals surface area contributed by atoms with Gasteiger partial charge in [0.1, 0.15) is 4.90 Å². The van der Waals surface area contributed by atoms with Gasteiger partial charge in [-0.3, -0.25) is 14.7 Å². The zero-order valence-electron chi connectivity index (χ0n) is 15.0. The zero-order valence-corrected chi connectivity index (χ0v) is 16.7. The summed E-state index contributed by atoms with van der Waals surface area (Å²) in [6.45, 7) is 1.97. The maximum atomic E-state index is 12.6. The fourth-order valence-electron chi connectivity index (χ4n) is 2.88. The highest BCUT2D eigenvalue weighted by Crippen LogP contribution is 2.19. The van der Waals surface area contributed by atoms with Crippen LogP contribution in [0.3, 0.4) is 0 Å². The van der Waals surface area contributed by atoms with Gasteiger partial charge in [0.05, 0.1) is 6.54 Å². The Hall–Kier alpha value is -1.94. The first-order valence-electron chi connectivity index (χ1n) is 8.55.